The third kappa shape index (κ3) is 5.83. The van der Waals surface area contributed by atoms with Gasteiger partial charge in [0.1, 0.15) is 41.2 Å². The Bertz CT molecular complexity index is 1970. The number of carbonyl (C=O) groups excluding carboxylic acids is 1. The number of aromatic nitrogens is 4. The van der Waals surface area contributed by atoms with Gasteiger partial charge in [0, 0.05) is 53.2 Å². The number of fused-ring (bicyclic) bond motifs is 2. The minimum Gasteiger partial charge on any atom is -0.490 e. The van der Waals surface area contributed by atoms with Crippen LogP contribution in [-0.2, 0) is 22.6 Å². The summed E-state index contributed by atoms with van der Waals surface area (Å²) in [4.78, 5) is 33.9. The van der Waals surface area contributed by atoms with E-state index in [9.17, 15) is 14.0 Å². The van der Waals surface area contributed by atoms with Crippen molar-refractivity contribution < 1.29 is 23.0 Å². The Hall–Kier alpha value is -4.88. The number of methoxy groups -OCH3 is 1. The number of nitrogens with zero attached hydrogens (tertiary/aromatic N) is 4. The van der Waals surface area contributed by atoms with E-state index in [2.05, 4.69) is 16.9 Å². The summed E-state index contributed by atoms with van der Waals surface area (Å²) >= 11 is 1.37. The lowest BCUT2D eigenvalue weighted by molar-refractivity contribution is -0.129. The zero-order chi connectivity index (χ0) is 31.7. The molecule has 0 spiro atoms. The largest absolute Gasteiger partial charge is 0.490 e. The number of amides is 1. The van der Waals surface area contributed by atoms with Crippen LogP contribution in [0.25, 0.3) is 32.6 Å². The average molecular weight is 633 g/mol. The van der Waals surface area contributed by atoms with Crippen LogP contribution in [-0.4, -0.2) is 57.4 Å². The van der Waals surface area contributed by atoms with Gasteiger partial charge in [-0.05, 0) is 36.6 Å². The molecule has 10 nitrogen and oxygen atoms in total. The maximum atomic E-state index is 15.9. The van der Waals surface area contributed by atoms with Gasteiger partial charge >= 0.3 is 0 Å². The standard InChI is InChI=1S/C32H30F2N6O4S/c1-4-27(42)39-9-10-40-24(18(39)2)16-23(38-40)30-29(28-22(34)14-19(33)15-25(28)44-12-11-43-3)31-21(8-13-45-31)32(37-30)35-17-20-6-5-7-26(41)36-20/h4-8,13-16,18H,1,9-12,17H2,2-3H3,(H,35,37)(H,36,41)/t18-/m1/s1. The molecule has 1 atom stereocenters. The third-order valence-electron chi connectivity index (χ3n) is 7.66. The van der Waals surface area contributed by atoms with Crippen LogP contribution in [0.2, 0.25) is 0 Å². The summed E-state index contributed by atoms with van der Waals surface area (Å²) in [5.41, 5.74) is 2.42. The van der Waals surface area contributed by atoms with E-state index in [1.54, 1.807) is 17.0 Å². The predicted molar refractivity (Wildman–Crippen MR) is 168 cm³/mol. The van der Waals surface area contributed by atoms with E-state index >= 15 is 4.39 Å². The third-order valence-corrected chi connectivity index (χ3v) is 8.59. The van der Waals surface area contributed by atoms with Crippen molar-refractivity contribution in [3.8, 4) is 28.3 Å². The summed E-state index contributed by atoms with van der Waals surface area (Å²) < 4.78 is 43.9. The fourth-order valence-corrected chi connectivity index (χ4v) is 6.48. The number of H-pyrrole nitrogens is 1. The summed E-state index contributed by atoms with van der Waals surface area (Å²) in [5.74, 6) is -1.30. The van der Waals surface area contributed by atoms with E-state index in [0.717, 1.165) is 17.8 Å². The molecule has 0 aliphatic carbocycles. The number of anilines is 1. The lowest BCUT2D eigenvalue weighted by Crippen LogP contribution is -2.40. The van der Waals surface area contributed by atoms with Gasteiger partial charge < -0.3 is 24.7 Å². The van der Waals surface area contributed by atoms with Crippen LogP contribution in [0.1, 0.15) is 24.4 Å². The molecule has 0 fully saturated rings. The quantitative estimate of drug-likeness (QED) is 0.154. The zero-order valence-corrected chi connectivity index (χ0v) is 25.4. The van der Waals surface area contributed by atoms with Crippen molar-refractivity contribution in [1.29, 1.82) is 0 Å². The lowest BCUT2D eigenvalue weighted by atomic mass is 9.98. The second kappa shape index (κ2) is 12.6. The van der Waals surface area contributed by atoms with E-state index in [0.29, 0.717) is 51.6 Å². The molecule has 5 aromatic rings. The Balaban J connectivity index is 1.55. The first-order valence-electron chi connectivity index (χ1n) is 14.2. The van der Waals surface area contributed by atoms with Crippen molar-refractivity contribution in [3.05, 3.63) is 93.9 Å². The molecule has 6 rings (SSSR count). The minimum absolute atomic E-state index is 0.00460. The Morgan fingerprint density at radius 1 is 1.20 bits per heavy atom. The Morgan fingerprint density at radius 3 is 2.82 bits per heavy atom. The maximum Gasteiger partial charge on any atom is 0.248 e. The molecular formula is C32H30F2N6O4S. The number of rotatable bonds is 10. The van der Waals surface area contributed by atoms with Crippen LogP contribution in [0, 0.1) is 11.6 Å². The molecule has 1 aliphatic rings. The van der Waals surface area contributed by atoms with E-state index in [-0.39, 0.29) is 48.6 Å². The molecule has 4 aromatic heterocycles. The van der Waals surface area contributed by atoms with Crippen LogP contribution >= 0.6 is 11.3 Å². The number of ether oxygens (including phenoxy) is 2. The summed E-state index contributed by atoms with van der Waals surface area (Å²) in [6.07, 6.45) is 1.29. The smallest absolute Gasteiger partial charge is 0.248 e. The molecule has 2 N–H and O–H groups in total. The zero-order valence-electron chi connectivity index (χ0n) is 24.6. The highest BCUT2D eigenvalue weighted by atomic mass is 32.1. The summed E-state index contributed by atoms with van der Waals surface area (Å²) in [5, 5.41) is 10.7. The molecule has 0 saturated heterocycles. The number of benzene rings is 1. The van der Waals surface area contributed by atoms with Crippen LogP contribution < -0.4 is 15.6 Å². The van der Waals surface area contributed by atoms with Crippen LogP contribution in [0.3, 0.4) is 0 Å². The van der Waals surface area contributed by atoms with Gasteiger partial charge in [0.2, 0.25) is 11.5 Å². The van der Waals surface area contributed by atoms with Gasteiger partial charge in [-0.1, -0.05) is 12.6 Å². The van der Waals surface area contributed by atoms with Gasteiger partial charge in [-0.3, -0.25) is 14.3 Å². The van der Waals surface area contributed by atoms with Crippen molar-refractivity contribution in [1.82, 2.24) is 24.6 Å². The molecule has 45 heavy (non-hydrogen) atoms. The van der Waals surface area contributed by atoms with Crippen LogP contribution in [0.15, 0.2) is 65.3 Å². The number of carbonyl (C=O) groups is 1. The van der Waals surface area contributed by atoms with E-state index in [4.69, 9.17) is 19.6 Å². The summed E-state index contributed by atoms with van der Waals surface area (Å²) in [6.45, 7) is 6.96. The van der Waals surface area contributed by atoms with Crippen molar-refractivity contribution in [2.45, 2.75) is 26.1 Å². The van der Waals surface area contributed by atoms with Crippen molar-refractivity contribution in [2.24, 2.45) is 0 Å². The highest BCUT2D eigenvalue weighted by Gasteiger charge is 2.31. The second-order valence-corrected chi connectivity index (χ2v) is 11.3. The number of thiophene rings is 1. The monoisotopic (exact) mass is 632 g/mol. The normalized spacial score (nSPS) is 14.4. The highest BCUT2D eigenvalue weighted by Crippen LogP contribution is 2.46. The number of hydrogen-bond donors (Lipinski definition) is 2. The van der Waals surface area contributed by atoms with Crippen molar-refractivity contribution >= 4 is 33.1 Å². The molecule has 0 unspecified atom stereocenters. The van der Waals surface area contributed by atoms with E-state index in [1.165, 1.54) is 30.6 Å². The molecule has 1 aromatic carbocycles. The Kier molecular flexibility index (Phi) is 8.46. The molecule has 1 amide bonds. The second-order valence-electron chi connectivity index (χ2n) is 10.4. The van der Waals surface area contributed by atoms with Crippen molar-refractivity contribution in [3.63, 3.8) is 0 Å². The number of hydrogen-bond acceptors (Lipinski definition) is 8. The summed E-state index contributed by atoms with van der Waals surface area (Å²) in [7, 11) is 1.51. The first-order chi connectivity index (χ1) is 21.8. The first kappa shape index (κ1) is 30.2. The van der Waals surface area contributed by atoms with E-state index in [1.807, 2.05) is 29.1 Å². The van der Waals surface area contributed by atoms with Crippen molar-refractivity contribution in [2.75, 3.05) is 32.2 Å². The first-order valence-corrected chi connectivity index (χ1v) is 15.1. The van der Waals surface area contributed by atoms with Gasteiger partial charge in [-0.25, -0.2) is 13.8 Å². The SMILES string of the molecule is C=CC(=O)N1CCn2nc(-c3nc(NCc4cccc(=O)[nH]4)c4ccsc4c3-c3c(F)cc(F)cc3OCCOC)cc2[C@H]1C. The van der Waals surface area contributed by atoms with Crippen LogP contribution in [0.4, 0.5) is 14.6 Å². The fraction of sp³-hybridized carbons (Fsp3) is 0.250. The van der Waals surface area contributed by atoms with Gasteiger partial charge in [-0.15, -0.1) is 11.3 Å². The Morgan fingerprint density at radius 2 is 2.04 bits per heavy atom. The van der Waals surface area contributed by atoms with Gasteiger partial charge in [0.15, 0.2) is 0 Å². The van der Waals surface area contributed by atoms with Gasteiger partial charge in [-0.2, -0.15) is 5.10 Å². The number of pyridine rings is 2. The molecule has 13 heteroatoms. The Labute approximate surface area is 260 Å². The minimum atomic E-state index is -0.817. The molecule has 0 bridgehead atoms. The van der Waals surface area contributed by atoms with Gasteiger partial charge in [0.05, 0.1) is 37.0 Å². The molecule has 5 heterocycles. The lowest BCUT2D eigenvalue weighted by Gasteiger charge is -2.33. The highest BCUT2D eigenvalue weighted by molar-refractivity contribution is 7.18. The van der Waals surface area contributed by atoms with Gasteiger partial charge in [0.25, 0.3) is 0 Å². The number of aromatic amines is 1. The molecular weight excluding hydrogens is 602 g/mol. The van der Waals surface area contributed by atoms with Crippen LogP contribution in [0.5, 0.6) is 5.75 Å². The number of halogens is 2. The maximum absolute atomic E-state index is 15.9. The average Bonchev–Trinajstić information content (AvgIpc) is 3.68. The summed E-state index contributed by atoms with van der Waals surface area (Å²) in [6, 6.07) is 10.2. The molecule has 0 radical (unpaired) electrons. The molecule has 232 valence electrons. The fourth-order valence-electron chi connectivity index (χ4n) is 5.53. The van der Waals surface area contributed by atoms with E-state index < -0.39 is 11.6 Å². The predicted octanol–water partition coefficient (Wildman–Crippen LogP) is 5.52. The topological polar surface area (TPSA) is 114 Å². The molecule has 1 aliphatic heterocycles. The molecule has 0 saturated carbocycles. The number of nitrogens with one attached hydrogen (secondary N) is 2.